The molecule has 0 N–H and O–H groups in total. The summed E-state index contributed by atoms with van der Waals surface area (Å²) in [4.78, 5) is 21.3. The Kier molecular flexibility index (Phi) is 4.62. The number of aryl methyl sites for hydroxylation is 2. The van der Waals surface area contributed by atoms with E-state index in [1.807, 2.05) is 0 Å². The lowest BCUT2D eigenvalue weighted by molar-refractivity contribution is -0.385. The molecule has 0 aliphatic rings. The molecule has 0 aliphatic carbocycles. The predicted octanol–water partition coefficient (Wildman–Crippen LogP) is 1.21. The van der Waals surface area contributed by atoms with Crippen LogP contribution in [0.4, 0.5) is 5.69 Å². The number of aromatic nitrogens is 2. The zero-order chi connectivity index (χ0) is 12.8. The summed E-state index contributed by atoms with van der Waals surface area (Å²) in [6.45, 7) is 2.09. The molecule has 0 atom stereocenters. The zero-order valence-corrected chi connectivity index (χ0v) is 9.88. The van der Waals surface area contributed by atoms with Crippen molar-refractivity contribution in [1.82, 2.24) is 9.78 Å². The molecule has 7 nitrogen and oxygen atoms in total. The van der Waals surface area contributed by atoms with Crippen molar-refractivity contribution in [3.05, 3.63) is 22.0 Å². The normalized spacial score (nSPS) is 10.2. The van der Waals surface area contributed by atoms with E-state index in [2.05, 4.69) is 5.10 Å². The fourth-order valence-electron chi connectivity index (χ4n) is 1.49. The van der Waals surface area contributed by atoms with Gasteiger partial charge >= 0.3 is 11.7 Å². The molecule has 0 bridgehead atoms. The van der Waals surface area contributed by atoms with Crippen LogP contribution in [0.25, 0.3) is 0 Å². The van der Waals surface area contributed by atoms with Gasteiger partial charge in [0.2, 0.25) is 0 Å². The van der Waals surface area contributed by atoms with Crippen molar-refractivity contribution < 1.29 is 14.5 Å². The van der Waals surface area contributed by atoms with Crippen molar-refractivity contribution in [1.29, 1.82) is 0 Å². The number of hydrogen-bond donors (Lipinski definition) is 0. The summed E-state index contributed by atoms with van der Waals surface area (Å²) < 4.78 is 6.16. The lowest BCUT2D eigenvalue weighted by Crippen LogP contribution is -2.04. The Balaban J connectivity index is 2.51. The van der Waals surface area contributed by atoms with Crippen molar-refractivity contribution in [2.75, 3.05) is 6.61 Å². The number of esters is 1. The van der Waals surface area contributed by atoms with Gasteiger partial charge in [-0.3, -0.25) is 19.6 Å². The SMILES string of the molecule is CCOC(=O)CCCc1nn(C)cc1[N+](=O)[O-]. The Hall–Kier alpha value is -1.92. The van der Waals surface area contributed by atoms with Crippen LogP contribution < -0.4 is 0 Å². The van der Waals surface area contributed by atoms with Crippen LogP contribution in [-0.4, -0.2) is 27.3 Å². The van der Waals surface area contributed by atoms with Crippen LogP contribution in [0.3, 0.4) is 0 Å². The number of carbonyl (C=O) groups excluding carboxylic acids is 1. The van der Waals surface area contributed by atoms with Gasteiger partial charge in [0.05, 0.1) is 11.5 Å². The van der Waals surface area contributed by atoms with Crippen molar-refractivity contribution in [2.45, 2.75) is 26.2 Å². The lowest BCUT2D eigenvalue weighted by atomic mass is 10.2. The maximum absolute atomic E-state index is 11.1. The first-order valence-corrected chi connectivity index (χ1v) is 5.37. The summed E-state index contributed by atoms with van der Waals surface area (Å²) in [5.74, 6) is -0.286. The first-order chi connectivity index (χ1) is 8.04. The molecule has 0 saturated heterocycles. The topological polar surface area (TPSA) is 87.3 Å². The van der Waals surface area contributed by atoms with Crippen LogP contribution in [0, 0.1) is 10.1 Å². The fourth-order valence-corrected chi connectivity index (χ4v) is 1.49. The van der Waals surface area contributed by atoms with Crippen molar-refractivity contribution in [2.24, 2.45) is 7.05 Å². The Labute approximate surface area is 98.5 Å². The molecular formula is C10H15N3O4. The molecule has 0 amide bonds. The highest BCUT2D eigenvalue weighted by atomic mass is 16.6. The standard InChI is InChI=1S/C10H15N3O4/c1-3-17-10(14)6-4-5-8-9(13(15)16)7-12(2)11-8/h7H,3-6H2,1-2H3. The summed E-state index contributed by atoms with van der Waals surface area (Å²) in [6, 6.07) is 0. The van der Waals surface area contributed by atoms with Crippen LogP contribution >= 0.6 is 0 Å². The number of carbonyl (C=O) groups is 1. The van der Waals surface area contributed by atoms with Crippen molar-refractivity contribution in [3.8, 4) is 0 Å². The van der Waals surface area contributed by atoms with Crippen LogP contribution in [-0.2, 0) is 23.0 Å². The summed E-state index contributed by atoms with van der Waals surface area (Å²) in [5.41, 5.74) is 0.401. The highest BCUT2D eigenvalue weighted by Gasteiger charge is 2.18. The van der Waals surface area contributed by atoms with Crippen LogP contribution in [0.5, 0.6) is 0 Å². The first kappa shape index (κ1) is 13.1. The quantitative estimate of drug-likeness (QED) is 0.424. The maximum atomic E-state index is 11.1. The average molecular weight is 241 g/mol. The maximum Gasteiger partial charge on any atom is 0.310 e. The first-order valence-electron chi connectivity index (χ1n) is 5.37. The average Bonchev–Trinajstić information content (AvgIpc) is 2.60. The molecule has 0 spiro atoms. The number of rotatable bonds is 6. The van der Waals surface area contributed by atoms with Gasteiger partial charge in [-0.15, -0.1) is 0 Å². The number of hydrogen-bond acceptors (Lipinski definition) is 5. The van der Waals surface area contributed by atoms with E-state index in [1.165, 1.54) is 10.9 Å². The monoisotopic (exact) mass is 241 g/mol. The highest BCUT2D eigenvalue weighted by molar-refractivity contribution is 5.69. The second-order valence-corrected chi connectivity index (χ2v) is 3.55. The lowest BCUT2D eigenvalue weighted by Gasteiger charge is -2.00. The van der Waals surface area contributed by atoms with Gasteiger partial charge in [0, 0.05) is 13.5 Å². The van der Waals surface area contributed by atoms with Gasteiger partial charge in [-0.1, -0.05) is 0 Å². The van der Waals surface area contributed by atoms with E-state index in [0.717, 1.165) is 0 Å². The molecule has 1 aromatic rings. The minimum Gasteiger partial charge on any atom is -0.466 e. The molecule has 94 valence electrons. The van der Waals surface area contributed by atoms with Crippen LogP contribution in [0.15, 0.2) is 6.20 Å². The molecule has 1 heterocycles. The largest absolute Gasteiger partial charge is 0.466 e. The van der Waals surface area contributed by atoms with E-state index in [0.29, 0.717) is 25.1 Å². The minimum atomic E-state index is -0.466. The summed E-state index contributed by atoms with van der Waals surface area (Å²) in [6.07, 6.45) is 2.51. The van der Waals surface area contributed by atoms with Crippen LogP contribution in [0.1, 0.15) is 25.5 Å². The molecule has 1 aromatic heterocycles. The Morgan fingerprint density at radius 3 is 2.94 bits per heavy atom. The van der Waals surface area contributed by atoms with E-state index in [9.17, 15) is 14.9 Å². The molecule has 17 heavy (non-hydrogen) atoms. The molecule has 1 rings (SSSR count). The molecular weight excluding hydrogens is 226 g/mol. The van der Waals surface area contributed by atoms with Crippen molar-refractivity contribution >= 4 is 11.7 Å². The van der Waals surface area contributed by atoms with Gasteiger partial charge in [0.1, 0.15) is 11.9 Å². The third-order valence-corrected chi connectivity index (χ3v) is 2.18. The molecule has 0 aliphatic heterocycles. The smallest absolute Gasteiger partial charge is 0.310 e. The summed E-state index contributed by atoms with van der Waals surface area (Å²) in [5, 5.41) is 14.7. The number of nitro groups is 1. The van der Waals surface area contributed by atoms with Gasteiger partial charge in [-0.05, 0) is 19.8 Å². The molecule has 0 fully saturated rings. The van der Waals surface area contributed by atoms with E-state index < -0.39 is 4.92 Å². The third-order valence-electron chi connectivity index (χ3n) is 2.18. The fraction of sp³-hybridized carbons (Fsp3) is 0.600. The number of nitrogens with zero attached hydrogens (tertiary/aromatic N) is 3. The van der Waals surface area contributed by atoms with Crippen LogP contribution in [0.2, 0.25) is 0 Å². The van der Waals surface area contributed by atoms with E-state index in [-0.39, 0.29) is 18.1 Å². The Morgan fingerprint density at radius 2 is 2.35 bits per heavy atom. The summed E-state index contributed by atoms with van der Waals surface area (Å²) in [7, 11) is 1.63. The zero-order valence-electron chi connectivity index (χ0n) is 9.88. The van der Waals surface area contributed by atoms with Gasteiger partial charge in [0.15, 0.2) is 0 Å². The number of ether oxygens (including phenoxy) is 1. The van der Waals surface area contributed by atoms with E-state index in [1.54, 1.807) is 14.0 Å². The summed E-state index contributed by atoms with van der Waals surface area (Å²) >= 11 is 0. The second kappa shape index (κ2) is 5.97. The molecule has 0 saturated carbocycles. The Bertz CT molecular complexity index is 414. The van der Waals surface area contributed by atoms with Gasteiger partial charge in [-0.2, -0.15) is 5.10 Å². The predicted molar refractivity (Wildman–Crippen MR) is 59.4 cm³/mol. The van der Waals surface area contributed by atoms with E-state index in [4.69, 9.17) is 4.74 Å². The molecule has 0 aromatic carbocycles. The molecule has 0 radical (unpaired) electrons. The van der Waals surface area contributed by atoms with Gasteiger partial charge in [-0.25, -0.2) is 0 Å². The third kappa shape index (κ3) is 3.86. The molecule has 0 unspecified atom stereocenters. The van der Waals surface area contributed by atoms with E-state index >= 15 is 0 Å². The Morgan fingerprint density at radius 1 is 1.65 bits per heavy atom. The second-order valence-electron chi connectivity index (χ2n) is 3.55. The van der Waals surface area contributed by atoms with Gasteiger partial charge < -0.3 is 4.74 Å². The highest BCUT2D eigenvalue weighted by Crippen LogP contribution is 2.18. The van der Waals surface area contributed by atoms with Crippen molar-refractivity contribution in [3.63, 3.8) is 0 Å². The minimum absolute atomic E-state index is 0.00337. The molecule has 7 heteroatoms. The van der Waals surface area contributed by atoms with Gasteiger partial charge in [0.25, 0.3) is 0 Å².